The van der Waals surface area contributed by atoms with Crippen LogP contribution >= 0.6 is 0 Å². The van der Waals surface area contributed by atoms with Gasteiger partial charge in [0.15, 0.2) is 5.82 Å². The highest BCUT2D eigenvalue weighted by Crippen LogP contribution is 2.32. The average Bonchev–Trinajstić information content (AvgIpc) is 3.47. The Kier molecular flexibility index (Phi) is 4.27. The minimum atomic E-state index is -1.06. The number of pyridine rings is 1. The van der Waals surface area contributed by atoms with Crippen molar-refractivity contribution in [1.82, 2.24) is 20.1 Å². The van der Waals surface area contributed by atoms with Gasteiger partial charge in [-0.05, 0) is 18.2 Å². The van der Waals surface area contributed by atoms with Crippen LogP contribution in [-0.2, 0) is 11.3 Å². The minimum absolute atomic E-state index is 0.0404. The van der Waals surface area contributed by atoms with Gasteiger partial charge in [-0.3, -0.25) is 14.5 Å². The molecule has 1 aromatic carbocycles. The molecule has 2 aromatic heterocycles. The number of nitrogens with zero attached hydrogens (tertiary/aromatic N) is 5. The van der Waals surface area contributed by atoms with E-state index in [9.17, 15) is 24.3 Å². The van der Waals surface area contributed by atoms with E-state index >= 15 is 0 Å². The standard InChI is InChI=1S/C21H15FN6O3/c22-12-3-1-2-11(9-23)18(12)13-8-15(19-14(25-13)10-24-20(19)30)28-7-5-17(26-28)27-6-4-16(29)21(27)31/h1-3,5,7-8,16,29H,4,6,10H2,(H,24,30)/t16-/m0/s1. The Hall–Kier alpha value is -4.10. The summed E-state index contributed by atoms with van der Waals surface area (Å²) in [6.45, 7) is 0.494. The molecule has 2 amide bonds. The van der Waals surface area contributed by atoms with Crippen molar-refractivity contribution in [3.63, 3.8) is 0 Å². The van der Waals surface area contributed by atoms with Crippen LogP contribution in [0.4, 0.5) is 10.2 Å². The van der Waals surface area contributed by atoms with Crippen LogP contribution in [0.25, 0.3) is 16.9 Å². The summed E-state index contributed by atoms with van der Waals surface area (Å²) in [7, 11) is 0. The molecule has 2 N–H and O–H groups in total. The Labute approximate surface area is 175 Å². The summed E-state index contributed by atoms with van der Waals surface area (Å²) >= 11 is 0. The summed E-state index contributed by atoms with van der Waals surface area (Å²) < 4.78 is 16.0. The molecule has 9 nitrogen and oxygen atoms in total. The fourth-order valence-electron chi connectivity index (χ4n) is 3.88. The molecule has 0 bridgehead atoms. The number of rotatable bonds is 3. The summed E-state index contributed by atoms with van der Waals surface area (Å²) in [5.41, 5.74) is 1.41. The Bertz CT molecular complexity index is 1290. The summed E-state index contributed by atoms with van der Waals surface area (Å²) in [5.74, 6) is -1.06. The topological polar surface area (TPSA) is 124 Å². The lowest BCUT2D eigenvalue weighted by molar-refractivity contribution is -0.124. The number of nitrogens with one attached hydrogen (secondary N) is 1. The SMILES string of the molecule is N#Cc1cccc(F)c1-c1cc(-n2ccc(N3CC[C@H](O)C3=O)n2)c2c(n1)CNC2=O. The smallest absolute Gasteiger partial charge is 0.257 e. The highest BCUT2D eigenvalue weighted by atomic mass is 19.1. The van der Waals surface area contributed by atoms with Crippen molar-refractivity contribution in [2.24, 2.45) is 0 Å². The number of aliphatic hydroxyl groups is 1. The summed E-state index contributed by atoms with van der Waals surface area (Å²) in [4.78, 5) is 30.3. The lowest BCUT2D eigenvalue weighted by atomic mass is 10.0. The van der Waals surface area contributed by atoms with Crippen LogP contribution in [0.2, 0.25) is 0 Å². The van der Waals surface area contributed by atoms with E-state index in [4.69, 9.17) is 0 Å². The van der Waals surface area contributed by atoms with Gasteiger partial charge in [0.1, 0.15) is 11.9 Å². The number of fused-ring (bicyclic) bond motifs is 1. The van der Waals surface area contributed by atoms with Crippen LogP contribution in [0, 0.1) is 17.1 Å². The van der Waals surface area contributed by atoms with Gasteiger partial charge in [0.2, 0.25) is 0 Å². The van der Waals surface area contributed by atoms with Crippen molar-refractivity contribution in [2.75, 3.05) is 11.4 Å². The van der Waals surface area contributed by atoms with Gasteiger partial charge >= 0.3 is 0 Å². The molecule has 0 spiro atoms. The monoisotopic (exact) mass is 418 g/mol. The van der Waals surface area contributed by atoms with Crippen molar-refractivity contribution in [3.05, 3.63) is 59.2 Å². The fraction of sp³-hybridized carbons (Fsp3) is 0.190. The number of carbonyl (C=O) groups excluding carboxylic acids is 2. The van der Waals surface area contributed by atoms with Gasteiger partial charge in [-0.25, -0.2) is 14.1 Å². The van der Waals surface area contributed by atoms with Gasteiger partial charge in [0, 0.05) is 25.2 Å². The van der Waals surface area contributed by atoms with E-state index < -0.39 is 17.8 Å². The normalized spacial score (nSPS) is 17.6. The summed E-state index contributed by atoms with van der Waals surface area (Å²) in [6.07, 6.45) is 0.830. The maximum Gasteiger partial charge on any atom is 0.257 e. The zero-order valence-corrected chi connectivity index (χ0v) is 16.0. The van der Waals surface area contributed by atoms with Gasteiger partial charge in [-0.1, -0.05) is 6.07 Å². The molecule has 2 aliphatic heterocycles. The van der Waals surface area contributed by atoms with E-state index in [-0.39, 0.29) is 29.3 Å². The van der Waals surface area contributed by atoms with E-state index in [0.29, 0.717) is 35.7 Å². The van der Waals surface area contributed by atoms with Crippen LogP contribution in [0.1, 0.15) is 28.0 Å². The first-order valence-corrected chi connectivity index (χ1v) is 9.54. The minimum Gasteiger partial charge on any atom is -0.383 e. The van der Waals surface area contributed by atoms with E-state index in [2.05, 4.69) is 15.4 Å². The second-order valence-electron chi connectivity index (χ2n) is 7.22. The van der Waals surface area contributed by atoms with Gasteiger partial charge in [0.05, 0.1) is 46.4 Å². The molecule has 31 heavy (non-hydrogen) atoms. The molecule has 0 unspecified atom stereocenters. The average molecular weight is 418 g/mol. The molecular weight excluding hydrogens is 403 g/mol. The molecule has 154 valence electrons. The first kappa shape index (κ1) is 18.9. The van der Waals surface area contributed by atoms with Crippen molar-refractivity contribution >= 4 is 17.6 Å². The van der Waals surface area contributed by atoms with E-state index in [1.165, 1.54) is 33.8 Å². The molecule has 5 rings (SSSR count). The van der Waals surface area contributed by atoms with E-state index in [1.807, 2.05) is 6.07 Å². The number of anilines is 1. The van der Waals surface area contributed by atoms with Crippen LogP contribution < -0.4 is 10.2 Å². The third-order valence-electron chi connectivity index (χ3n) is 5.38. The number of hydrogen-bond donors (Lipinski definition) is 2. The van der Waals surface area contributed by atoms with Gasteiger partial charge in [0.25, 0.3) is 11.8 Å². The lowest BCUT2D eigenvalue weighted by Crippen LogP contribution is -2.29. The molecule has 0 aliphatic carbocycles. The highest BCUT2D eigenvalue weighted by Gasteiger charge is 2.33. The number of halogens is 1. The van der Waals surface area contributed by atoms with Gasteiger partial charge in [-0.15, -0.1) is 5.10 Å². The van der Waals surface area contributed by atoms with Crippen LogP contribution in [0.5, 0.6) is 0 Å². The third kappa shape index (κ3) is 2.94. The molecule has 0 saturated carbocycles. The van der Waals surface area contributed by atoms with E-state index in [1.54, 1.807) is 12.3 Å². The molecule has 4 heterocycles. The summed E-state index contributed by atoms with van der Waals surface area (Å²) in [6, 6.07) is 9.24. The zero-order valence-electron chi connectivity index (χ0n) is 16.0. The lowest BCUT2D eigenvalue weighted by Gasteiger charge is -2.13. The Balaban J connectivity index is 1.66. The number of aliphatic hydroxyl groups excluding tert-OH is 1. The molecular formula is C21H15FN6O3. The predicted octanol–water partition coefficient (Wildman–Crippen LogP) is 1.29. The number of benzene rings is 1. The van der Waals surface area contributed by atoms with Gasteiger partial charge in [-0.2, -0.15) is 5.26 Å². The molecule has 1 fully saturated rings. The number of hydrogen-bond acceptors (Lipinski definition) is 6. The molecule has 1 saturated heterocycles. The van der Waals surface area contributed by atoms with Crippen molar-refractivity contribution < 1.29 is 19.1 Å². The molecule has 0 radical (unpaired) electrons. The Morgan fingerprint density at radius 2 is 2.10 bits per heavy atom. The van der Waals surface area contributed by atoms with Crippen LogP contribution in [-0.4, -0.2) is 44.3 Å². The Morgan fingerprint density at radius 1 is 1.26 bits per heavy atom. The molecule has 2 aliphatic rings. The zero-order chi connectivity index (χ0) is 21.7. The third-order valence-corrected chi connectivity index (χ3v) is 5.38. The second kappa shape index (κ2) is 7.00. The molecule has 10 heteroatoms. The summed E-state index contributed by atoms with van der Waals surface area (Å²) in [5, 5.41) is 26.2. The first-order chi connectivity index (χ1) is 15.0. The molecule has 3 aromatic rings. The van der Waals surface area contributed by atoms with Gasteiger partial charge < -0.3 is 10.4 Å². The highest BCUT2D eigenvalue weighted by molar-refractivity contribution is 6.02. The Morgan fingerprint density at radius 3 is 2.84 bits per heavy atom. The van der Waals surface area contributed by atoms with Crippen molar-refractivity contribution in [1.29, 1.82) is 5.26 Å². The second-order valence-corrected chi connectivity index (χ2v) is 7.22. The van der Waals surface area contributed by atoms with Crippen LogP contribution in [0.15, 0.2) is 36.5 Å². The maximum atomic E-state index is 14.6. The quantitative estimate of drug-likeness (QED) is 0.661. The number of aromatic nitrogens is 3. The molecule has 1 atom stereocenters. The largest absolute Gasteiger partial charge is 0.383 e. The number of carbonyl (C=O) groups is 2. The maximum absolute atomic E-state index is 14.6. The predicted molar refractivity (Wildman–Crippen MR) is 106 cm³/mol. The number of amides is 2. The van der Waals surface area contributed by atoms with Crippen LogP contribution in [0.3, 0.4) is 0 Å². The van der Waals surface area contributed by atoms with E-state index in [0.717, 1.165) is 0 Å². The first-order valence-electron chi connectivity index (χ1n) is 9.54. The fourth-order valence-corrected chi connectivity index (χ4v) is 3.88. The number of nitriles is 1. The van der Waals surface area contributed by atoms with Crippen molar-refractivity contribution in [3.8, 4) is 23.0 Å². The van der Waals surface area contributed by atoms with Crippen molar-refractivity contribution in [2.45, 2.75) is 19.1 Å².